The van der Waals surface area contributed by atoms with Crippen LogP contribution in [0.25, 0.3) is 0 Å². The maximum Gasteiger partial charge on any atom is 0.127 e. The predicted octanol–water partition coefficient (Wildman–Crippen LogP) is 4.55. The van der Waals surface area contributed by atoms with E-state index in [0.29, 0.717) is 12.1 Å². The van der Waals surface area contributed by atoms with E-state index >= 15 is 0 Å². The Hall–Kier alpha value is -1.80. The van der Waals surface area contributed by atoms with Crippen LogP contribution in [-0.2, 0) is 6.42 Å². The van der Waals surface area contributed by atoms with Gasteiger partial charge in [0.05, 0.1) is 0 Å². The molecular formula is C19H23NO. The summed E-state index contributed by atoms with van der Waals surface area (Å²) in [5.74, 6) is 1.78. The highest BCUT2D eigenvalue weighted by Gasteiger charge is 2.19. The summed E-state index contributed by atoms with van der Waals surface area (Å²) in [4.78, 5) is 0. The van der Waals surface area contributed by atoms with Gasteiger partial charge in [-0.1, -0.05) is 30.3 Å². The second-order valence-corrected chi connectivity index (χ2v) is 5.94. The van der Waals surface area contributed by atoms with Crippen molar-refractivity contribution in [3.63, 3.8) is 0 Å². The normalized spacial score (nSPS) is 21.4. The summed E-state index contributed by atoms with van der Waals surface area (Å²) in [5, 5.41) is 3.64. The molecular weight excluding hydrogens is 258 g/mol. The highest BCUT2D eigenvalue weighted by molar-refractivity contribution is 5.33. The van der Waals surface area contributed by atoms with Crippen LogP contribution in [0, 0.1) is 0 Å². The molecule has 1 aliphatic rings. The molecule has 1 heterocycles. The fraction of sp³-hybridized carbons (Fsp3) is 0.368. The van der Waals surface area contributed by atoms with Gasteiger partial charge in [0.2, 0.25) is 0 Å². The molecule has 21 heavy (non-hydrogen) atoms. The molecule has 2 aromatic rings. The smallest absolute Gasteiger partial charge is 0.127 e. The van der Waals surface area contributed by atoms with Gasteiger partial charge in [-0.3, -0.25) is 0 Å². The summed E-state index contributed by atoms with van der Waals surface area (Å²) in [6.45, 7) is 2.27. The number of aryl methyl sites for hydroxylation is 1. The summed E-state index contributed by atoms with van der Waals surface area (Å²) in [7, 11) is 0. The SMILES string of the molecule is C[C@@H]1CC[C@H](CCc2ccc(Oc3ccccc3)cc2)N1. The molecule has 0 spiro atoms. The van der Waals surface area contributed by atoms with Gasteiger partial charge in [-0.2, -0.15) is 0 Å². The van der Waals surface area contributed by atoms with Crippen molar-refractivity contribution in [2.75, 3.05) is 0 Å². The molecule has 0 aromatic heterocycles. The number of rotatable bonds is 5. The van der Waals surface area contributed by atoms with Gasteiger partial charge in [0.1, 0.15) is 11.5 Å². The molecule has 0 radical (unpaired) electrons. The Kier molecular flexibility index (Phi) is 4.56. The average molecular weight is 281 g/mol. The van der Waals surface area contributed by atoms with Crippen molar-refractivity contribution < 1.29 is 4.74 Å². The van der Waals surface area contributed by atoms with E-state index in [9.17, 15) is 0 Å². The number of para-hydroxylation sites is 1. The lowest BCUT2D eigenvalue weighted by molar-refractivity contribution is 0.482. The maximum absolute atomic E-state index is 5.81. The molecule has 1 aliphatic heterocycles. The maximum atomic E-state index is 5.81. The lowest BCUT2D eigenvalue weighted by Gasteiger charge is -2.12. The average Bonchev–Trinajstić information content (AvgIpc) is 2.93. The van der Waals surface area contributed by atoms with E-state index in [-0.39, 0.29) is 0 Å². The van der Waals surface area contributed by atoms with E-state index in [2.05, 4.69) is 36.5 Å². The first-order valence-electron chi connectivity index (χ1n) is 7.87. The minimum absolute atomic E-state index is 0.691. The third kappa shape index (κ3) is 4.08. The molecule has 2 atom stereocenters. The molecule has 1 saturated heterocycles. The second kappa shape index (κ2) is 6.77. The molecule has 0 bridgehead atoms. The fourth-order valence-corrected chi connectivity index (χ4v) is 2.94. The van der Waals surface area contributed by atoms with E-state index < -0.39 is 0 Å². The number of hydrogen-bond acceptors (Lipinski definition) is 2. The van der Waals surface area contributed by atoms with Crippen molar-refractivity contribution in [1.29, 1.82) is 0 Å². The van der Waals surface area contributed by atoms with Gasteiger partial charge in [0, 0.05) is 12.1 Å². The van der Waals surface area contributed by atoms with Crippen LogP contribution in [-0.4, -0.2) is 12.1 Å². The Bertz CT molecular complexity index is 550. The van der Waals surface area contributed by atoms with E-state index in [1.54, 1.807) is 0 Å². The minimum atomic E-state index is 0.691. The second-order valence-electron chi connectivity index (χ2n) is 5.94. The fourth-order valence-electron chi connectivity index (χ4n) is 2.94. The summed E-state index contributed by atoms with van der Waals surface area (Å²) in [6, 6.07) is 19.8. The summed E-state index contributed by atoms with van der Waals surface area (Å²) < 4.78 is 5.81. The third-order valence-electron chi connectivity index (χ3n) is 4.15. The van der Waals surface area contributed by atoms with Crippen molar-refractivity contribution >= 4 is 0 Å². The van der Waals surface area contributed by atoms with Crippen LogP contribution >= 0.6 is 0 Å². The van der Waals surface area contributed by atoms with Crippen LogP contribution in [0.4, 0.5) is 0 Å². The zero-order valence-corrected chi connectivity index (χ0v) is 12.6. The van der Waals surface area contributed by atoms with E-state index in [4.69, 9.17) is 4.74 Å². The molecule has 0 amide bonds. The zero-order valence-electron chi connectivity index (χ0n) is 12.6. The van der Waals surface area contributed by atoms with Crippen molar-refractivity contribution in [3.8, 4) is 11.5 Å². The number of ether oxygens (including phenoxy) is 1. The van der Waals surface area contributed by atoms with Crippen molar-refractivity contribution in [1.82, 2.24) is 5.32 Å². The summed E-state index contributed by atoms with van der Waals surface area (Å²) >= 11 is 0. The van der Waals surface area contributed by atoms with Crippen LogP contribution < -0.4 is 10.1 Å². The van der Waals surface area contributed by atoms with Gasteiger partial charge in [-0.15, -0.1) is 0 Å². The molecule has 2 aromatic carbocycles. The van der Waals surface area contributed by atoms with Gasteiger partial charge < -0.3 is 10.1 Å². The molecule has 1 N–H and O–H groups in total. The Morgan fingerprint density at radius 2 is 1.67 bits per heavy atom. The first-order valence-corrected chi connectivity index (χ1v) is 7.87. The molecule has 2 heteroatoms. The Morgan fingerprint density at radius 3 is 2.33 bits per heavy atom. The van der Waals surface area contributed by atoms with Gasteiger partial charge in [-0.25, -0.2) is 0 Å². The Balaban J connectivity index is 1.52. The highest BCUT2D eigenvalue weighted by Crippen LogP contribution is 2.22. The lowest BCUT2D eigenvalue weighted by atomic mass is 10.0. The van der Waals surface area contributed by atoms with E-state index in [0.717, 1.165) is 17.9 Å². The van der Waals surface area contributed by atoms with Gasteiger partial charge in [0.15, 0.2) is 0 Å². The number of benzene rings is 2. The van der Waals surface area contributed by atoms with Gasteiger partial charge in [0.25, 0.3) is 0 Å². The van der Waals surface area contributed by atoms with Crippen LogP contribution in [0.2, 0.25) is 0 Å². The van der Waals surface area contributed by atoms with Crippen molar-refractivity contribution in [3.05, 3.63) is 60.2 Å². The van der Waals surface area contributed by atoms with Crippen LogP contribution in [0.1, 0.15) is 31.7 Å². The lowest BCUT2D eigenvalue weighted by Crippen LogP contribution is -2.27. The molecule has 0 saturated carbocycles. The monoisotopic (exact) mass is 281 g/mol. The van der Waals surface area contributed by atoms with E-state index in [1.807, 2.05) is 30.3 Å². The zero-order chi connectivity index (χ0) is 14.5. The Labute approximate surface area is 127 Å². The topological polar surface area (TPSA) is 21.3 Å². The summed E-state index contributed by atoms with van der Waals surface area (Å²) in [6.07, 6.45) is 4.99. The van der Waals surface area contributed by atoms with Gasteiger partial charge in [-0.05, 0) is 62.4 Å². The molecule has 3 rings (SSSR count). The van der Waals surface area contributed by atoms with Crippen molar-refractivity contribution in [2.45, 2.75) is 44.7 Å². The van der Waals surface area contributed by atoms with E-state index in [1.165, 1.54) is 24.8 Å². The number of hydrogen-bond donors (Lipinski definition) is 1. The predicted molar refractivity (Wildman–Crippen MR) is 86.9 cm³/mol. The molecule has 1 fully saturated rings. The first-order chi connectivity index (χ1) is 10.3. The number of nitrogens with one attached hydrogen (secondary N) is 1. The van der Waals surface area contributed by atoms with Crippen LogP contribution in [0.5, 0.6) is 11.5 Å². The van der Waals surface area contributed by atoms with Crippen LogP contribution in [0.15, 0.2) is 54.6 Å². The standard InChI is InChI=1S/C19H23NO/c1-15-7-11-17(20-15)12-8-16-9-13-19(14-10-16)21-18-5-3-2-4-6-18/h2-6,9-10,13-15,17,20H,7-8,11-12H2,1H3/t15-,17-/m1/s1. The van der Waals surface area contributed by atoms with Crippen LogP contribution in [0.3, 0.4) is 0 Å². The first kappa shape index (κ1) is 14.2. The quantitative estimate of drug-likeness (QED) is 0.868. The van der Waals surface area contributed by atoms with Crippen molar-refractivity contribution in [2.24, 2.45) is 0 Å². The minimum Gasteiger partial charge on any atom is -0.457 e. The largest absolute Gasteiger partial charge is 0.457 e. The summed E-state index contributed by atoms with van der Waals surface area (Å²) in [5.41, 5.74) is 1.39. The molecule has 110 valence electrons. The molecule has 0 aliphatic carbocycles. The highest BCUT2D eigenvalue weighted by atomic mass is 16.5. The molecule has 0 unspecified atom stereocenters. The molecule has 2 nitrogen and oxygen atoms in total. The third-order valence-corrected chi connectivity index (χ3v) is 4.15. The van der Waals surface area contributed by atoms with Gasteiger partial charge >= 0.3 is 0 Å². The Morgan fingerprint density at radius 1 is 0.952 bits per heavy atom.